The Morgan fingerprint density at radius 2 is 2.22 bits per heavy atom. The molecule has 4 rings (SSSR count). The van der Waals surface area contributed by atoms with Crippen LogP contribution in [0, 0.1) is 4.91 Å². The van der Waals surface area contributed by atoms with Crippen LogP contribution in [-0.2, 0) is 0 Å². The summed E-state index contributed by atoms with van der Waals surface area (Å²) in [6, 6.07) is 8.76. The summed E-state index contributed by atoms with van der Waals surface area (Å²) in [6.45, 7) is 0. The number of thiazole rings is 1. The van der Waals surface area contributed by atoms with Gasteiger partial charge >= 0.3 is 0 Å². The number of hydrazine groups is 1. The highest BCUT2D eigenvalue weighted by atomic mass is 35.5. The van der Waals surface area contributed by atoms with Crippen molar-refractivity contribution in [2.45, 2.75) is 0 Å². The van der Waals surface area contributed by atoms with Crippen LogP contribution in [0.1, 0.15) is 0 Å². The second kappa shape index (κ2) is 5.18. The maximum atomic E-state index is 11.2. The molecule has 7 nitrogen and oxygen atoms in total. The van der Waals surface area contributed by atoms with E-state index in [-0.39, 0.29) is 4.87 Å². The first-order valence-corrected chi connectivity index (χ1v) is 7.88. The van der Waals surface area contributed by atoms with E-state index in [1.165, 1.54) is 17.4 Å². The number of nitrogens with one attached hydrogen (secondary N) is 1. The number of aromatic amines is 1. The molecule has 0 saturated carbocycles. The summed E-state index contributed by atoms with van der Waals surface area (Å²) < 4.78 is 2.89. The van der Waals surface area contributed by atoms with Crippen LogP contribution in [0.15, 0.2) is 42.0 Å². The summed E-state index contributed by atoms with van der Waals surface area (Å²) in [6.07, 6.45) is 1.90. The van der Waals surface area contributed by atoms with Crippen LogP contribution in [0.5, 0.6) is 0 Å². The molecule has 114 valence electrons. The molecular weight excluding hydrogens is 336 g/mol. The zero-order valence-electron chi connectivity index (χ0n) is 11.6. The molecule has 0 unspecified atom stereocenters. The molecule has 0 saturated heterocycles. The summed E-state index contributed by atoms with van der Waals surface area (Å²) >= 11 is 7.83. The Hall–Kier alpha value is -2.71. The second-order valence-corrected chi connectivity index (χ2v) is 6.09. The standard InChI is InChI=1S/C14H10ClN6OS/c15-10-6-8(21(16)22)3-4-9(10)11-2-1-5-20(11)14-12-13(18-19-14)17-7-23-12/h1-7H,(H2,16,22)(H,18,19)/q+1. The molecule has 0 aliphatic rings. The molecule has 0 spiro atoms. The highest BCUT2D eigenvalue weighted by Gasteiger charge is 2.18. The van der Waals surface area contributed by atoms with Gasteiger partial charge in [-0.15, -0.1) is 11.3 Å². The number of hydrogen-bond acceptors (Lipinski definition) is 4. The van der Waals surface area contributed by atoms with Crippen LogP contribution in [-0.4, -0.2) is 24.6 Å². The van der Waals surface area contributed by atoms with Crippen molar-refractivity contribution in [3.63, 3.8) is 0 Å². The molecule has 0 atom stereocenters. The van der Waals surface area contributed by atoms with E-state index >= 15 is 0 Å². The first kappa shape index (κ1) is 13.9. The molecule has 0 fully saturated rings. The van der Waals surface area contributed by atoms with Gasteiger partial charge in [0.1, 0.15) is 4.70 Å². The SMILES string of the molecule is N[N+](=O)c1ccc(-c2cccn2-c2n[nH]c3ncsc23)c(Cl)c1. The zero-order chi connectivity index (χ0) is 16.0. The molecule has 0 aliphatic heterocycles. The summed E-state index contributed by atoms with van der Waals surface area (Å²) in [4.78, 5) is 15.7. The zero-order valence-corrected chi connectivity index (χ0v) is 13.2. The van der Waals surface area contributed by atoms with Crippen LogP contribution in [0.4, 0.5) is 5.69 Å². The number of rotatable bonds is 3. The van der Waals surface area contributed by atoms with Crippen molar-refractivity contribution in [2.24, 2.45) is 5.84 Å². The molecule has 9 heteroatoms. The Bertz CT molecular complexity index is 1030. The van der Waals surface area contributed by atoms with Gasteiger partial charge < -0.3 is 0 Å². The number of nitrogens with zero attached hydrogens (tertiary/aromatic N) is 4. The van der Waals surface area contributed by atoms with Gasteiger partial charge in [0.15, 0.2) is 16.3 Å². The Labute approximate surface area is 138 Å². The summed E-state index contributed by atoms with van der Waals surface area (Å²) in [5.41, 5.74) is 4.44. The number of H-pyrrole nitrogens is 1. The third kappa shape index (κ3) is 2.19. The number of benzene rings is 1. The van der Waals surface area contributed by atoms with Gasteiger partial charge in [0.2, 0.25) is 0 Å². The van der Waals surface area contributed by atoms with Crippen molar-refractivity contribution in [3.8, 4) is 17.1 Å². The van der Waals surface area contributed by atoms with E-state index in [1.54, 1.807) is 17.6 Å². The van der Waals surface area contributed by atoms with Gasteiger partial charge in [0.25, 0.3) is 5.69 Å². The van der Waals surface area contributed by atoms with E-state index in [1.807, 2.05) is 22.9 Å². The van der Waals surface area contributed by atoms with Crippen LogP contribution in [0.2, 0.25) is 5.02 Å². The van der Waals surface area contributed by atoms with Crippen molar-refractivity contribution < 1.29 is 4.87 Å². The van der Waals surface area contributed by atoms with Crippen LogP contribution >= 0.6 is 22.9 Å². The molecule has 3 heterocycles. The number of aromatic nitrogens is 4. The summed E-state index contributed by atoms with van der Waals surface area (Å²) in [5, 5.41) is 7.66. The summed E-state index contributed by atoms with van der Waals surface area (Å²) in [5.74, 6) is 5.96. The molecule has 0 aliphatic carbocycles. The topological polar surface area (TPSA) is 92.6 Å². The minimum Gasteiger partial charge on any atom is -0.298 e. The van der Waals surface area contributed by atoms with E-state index in [2.05, 4.69) is 15.2 Å². The minimum absolute atomic E-state index is 0.281. The average molecular weight is 346 g/mol. The maximum absolute atomic E-state index is 11.2. The van der Waals surface area contributed by atoms with Gasteiger partial charge in [0, 0.05) is 23.9 Å². The fourth-order valence-corrected chi connectivity index (χ4v) is 3.43. The lowest BCUT2D eigenvalue weighted by Gasteiger charge is -2.08. The van der Waals surface area contributed by atoms with Gasteiger partial charge in [-0.2, -0.15) is 10.9 Å². The quantitative estimate of drug-likeness (QED) is 0.338. The molecular formula is C14H10ClN6OS+. The van der Waals surface area contributed by atoms with Crippen molar-refractivity contribution in [3.05, 3.63) is 52.0 Å². The monoisotopic (exact) mass is 345 g/mol. The number of fused-ring (bicyclic) bond motifs is 1. The second-order valence-electron chi connectivity index (χ2n) is 4.83. The normalized spacial score (nSPS) is 11.2. The molecule has 3 N–H and O–H groups in total. The lowest BCUT2D eigenvalue weighted by molar-refractivity contribution is -0.474. The number of nitrogens with two attached hydrogens (primary N) is 1. The van der Waals surface area contributed by atoms with Crippen LogP contribution in [0.25, 0.3) is 27.4 Å². The highest BCUT2D eigenvalue weighted by Crippen LogP contribution is 2.34. The van der Waals surface area contributed by atoms with E-state index in [9.17, 15) is 4.91 Å². The Kier molecular flexibility index (Phi) is 3.14. The number of nitroso groups, excluding NO2 is 1. The molecule has 0 radical (unpaired) electrons. The highest BCUT2D eigenvalue weighted by molar-refractivity contribution is 7.17. The first-order valence-electron chi connectivity index (χ1n) is 6.62. The Morgan fingerprint density at radius 1 is 1.35 bits per heavy atom. The van der Waals surface area contributed by atoms with E-state index in [4.69, 9.17) is 17.4 Å². The fourth-order valence-electron chi connectivity index (χ4n) is 2.44. The fraction of sp³-hybridized carbons (Fsp3) is 0. The van der Waals surface area contributed by atoms with Gasteiger partial charge in [-0.1, -0.05) is 11.6 Å². The Morgan fingerprint density at radius 3 is 3.00 bits per heavy atom. The lowest BCUT2D eigenvalue weighted by atomic mass is 10.1. The average Bonchev–Trinajstić information content (AvgIpc) is 3.22. The molecule has 3 aromatic heterocycles. The van der Waals surface area contributed by atoms with Crippen molar-refractivity contribution in [1.29, 1.82) is 0 Å². The minimum atomic E-state index is 0.281. The number of halogens is 1. The molecule has 4 aromatic rings. The van der Waals surface area contributed by atoms with Gasteiger partial charge in [0.05, 0.1) is 21.1 Å². The lowest BCUT2D eigenvalue weighted by Crippen LogP contribution is -2.08. The van der Waals surface area contributed by atoms with Gasteiger partial charge in [-0.05, 0) is 18.2 Å². The third-order valence-electron chi connectivity index (χ3n) is 3.50. The molecule has 1 aromatic carbocycles. The smallest absolute Gasteiger partial charge is 0.293 e. The molecule has 0 amide bonds. The number of hydrogen-bond donors (Lipinski definition) is 2. The van der Waals surface area contributed by atoms with Crippen LogP contribution < -0.4 is 5.84 Å². The first-order chi connectivity index (χ1) is 11.1. The third-order valence-corrected chi connectivity index (χ3v) is 4.63. The van der Waals surface area contributed by atoms with Crippen molar-refractivity contribution in [2.75, 3.05) is 0 Å². The Balaban J connectivity index is 1.88. The van der Waals surface area contributed by atoms with Crippen molar-refractivity contribution in [1.82, 2.24) is 19.7 Å². The van der Waals surface area contributed by atoms with Gasteiger partial charge in [-0.25, -0.2) is 4.98 Å². The van der Waals surface area contributed by atoms with Crippen LogP contribution in [0.3, 0.4) is 0 Å². The predicted octanol–water partition coefficient (Wildman–Crippen LogP) is 3.41. The van der Waals surface area contributed by atoms with E-state index in [0.29, 0.717) is 10.7 Å². The van der Waals surface area contributed by atoms with E-state index in [0.717, 1.165) is 27.4 Å². The van der Waals surface area contributed by atoms with E-state index < -0.39 is 0 Å². The van der Waals surface area contributed by atoms with Crippen molar-refractivity contribution >= 4 is 39.0 Å². The predicted molar refractivity (Wildman–Crippen MR) is 89.0 cm³/mol. The van der Waals surface area contributed by atoms with Gasteiger partial charge in [-0.3, -0.25) is 9.67 Å². The summed E-state index contributed by atoms with van der Waals surface area (Å²) in [7, 11) is 0. The maximum Gasteiger partial charge on any atom is 0.293 e. The largest absolute Gasteiger partial charge is 0.298 e. The molecule has 23 heavy (non-hydrogen) atoms. The molecule has 0 bridgehead atoms.